The number of benzene rings is 1. The molecule has 0 saturated heterocycles. The van der Waals surface area contributed by atoms with Crippen molar-refractivity contribution in [3.63, 3.8) is 0 Å². The summed E-state index contributed by atoms with van der Waals surface area (Å²) in [5, 5.41) is 3.43. The van der Waals surface area contributed by atoms with E-state index in [0.717, 1.165) is 49.6 Å². The number of hydrogen-bond donors (Lipinski definition) is 1. The van der Waals surface area contributed by atoms with Crippen LogP contribution in [-0.2, 0) is 4.74 Å². The van der Waals surface area contributed by atoms with Gasteiger partial charge >= 0.3 is 0 Å². The highest BCUT2D eigenvalue weighted by molar-refractivity contribution is 9.10. The van der Waals surface area contributed by atoms with Crippen molar-refractivity contribution in [1.29, 1.82) is 0 Å². The lowest BCUT2D eigenvalue weighted by Crippen LogP contribution is -2.32. The summed E-state index contributed by atoms with van der Waals surface area (Å²) in [6.07, 6.45) is 0. The number of nitrogens with one attached hydrogen (secondary N) is 1. The van der Waals surface area contributed by atoms with E-state index < -0.39 is 0 Å². The molecule has 1 rings (SSSR count). The van der Waals surface area contributed by atoms with Crippen molar-refractivity contribution in [2.75, 3.05) is 44.7 Å². The minimum absolute atomic E-state index is 0.799. The molecule has 0 saturated carbocycles. The third-order valence-corrected chi connectivity index (χ3v) is 3.28. The molecule has 0 fully saturated rings. The van der Waals surface area contributed by atoms with Crippen molar-refractivity contribution in [3.05, 3.63) is 28.7 Å². The SMILES string of the molecule is CCOCCN(CC)CCNc1cccc(Br)c1. The fourth-order valence-corrected chi connectivity index (χ4v) is 2.12. The predicted octanol–water partition coefficient (Wildman–Crippen LogP) is 3.22. The topological polar surface area (TPSA) is 24.5 Å². The molecule has 0 unspecified atom stereocenters. The third kappa shape index (κ3) is 6.38. The molecule has 1 aromatic carbocycles. The number of hydrogen-bond acceptors (Lipinski definition) is 3. The third-order valence-electron chi connectivity index (χ3n) is 2.78. The van der Waals surface area contributed by atoms with Crippen LogP contribution in [0, 0.1) is 0 Å². The van der Waals surface area contributed by atoms with Crippen molar-refractivity contribution in [2.24, 2.45) is 0 Å². The van der Waals surface area contributed by atoms with Crippen molar-refractivity contribution in [2.45, 2.75) is 13.8 Å². The molecule has 102 valence electrons. The second kappa shape index (κ2) is 9.36. The van der Waals surface area contributed by atoms with E-state index in [1.807, 2.05) is 19.1 Å². The van der Waals surface area contributed by atoms with Gasteiger partial charge in [-0.3, -0.25) is 4.90 Å². The monoisotopic (exact) mass is 314 g/mol. The van der Waals surface area contributed by atoms with Crippen LogP contribution >= 0.6 is 15.9 Å². The summed E-state index contributed by atoms with van der Waals surface area (Å²) in [7, 11) is 0. The molecule has 0 aliphatic carbocycles. The molecule has 4 heteroatoms. The molecule has 0 bridgehead atoms. The van der Waals surface area contributed by atoms with Gasteiger partial charge in [0.15, 0.2) is 0 Å². The van der Waals surface area contributed by atoms with E-state index in [2.05, 4.69) is 45.2 Å². The van der Waals surface area contributed by atoms with Crippen LogP contribution in [0.1, 0.15) is 13.8 Å². The van der Waals surface area contributed by atoms with E-state index in [0.29, 0.717) is 0 Å². The molecule has 0 aliphatic rings. The van der Waals surface area contributed by atoms with Gasteiger partial charge in [-0.15, -0.1) is 0 Å². The average molecular weight is 315 g/mol. The summed E-state index contributed by atoms with van der Waals surface area (Å²) >= 11 is 3.47. The van der Waals surface area contributed by atoms with Gasteiger partial charge in [-0.1, -0.05) is 28.9 Å². The highest BCUT2D eigenvalue weighted by Gasteiger charge is 2.01. The van der Waals surface area contributed by atoms with E-state index in [-0.39, 0.29) is 0 Å². The molecular weight excluding hydrogens is 292 g/mol. The molecule has 1 aromatic rings. The van der Waals surface area contributed by atoms with Gasteiger partial charge in [-0.05, 0) is 31.7 Å². The first-order valence-electron chi connectivity index (χ1n) is 6.55. The Morgan fingerprint density at radius 2 is 2.11 bits per heavy atom. The van der Waals surface area contributed by atoms with Crippen LogP contribution in [0.15, 0.2) is 28.7 Å². The number of nitrogens with zero attached hydrogens (tertiary/aromatic N) is 1. The molecule has 0 aromatic heterocycles. The van der Waals surface area contributed by atoms with E-state index in [4.69, 9.17) is 4.74 Å². The smallest absolute Gasteiger partial charge is 0.0593 e. The molecule has 0 atom stereocenters. The molecule has 3 nitrogen and oxygen atoms in total. The van der Waals surface area contributed by atoms with Gasteiger partial charge in [0, 0.05) is 36.4 Å². The Bertz CT molecular complexity index is 333. The molecule has 0 spiro atoms. The van der Waals surface area contributed by atoms with Crippen LogP contribution in [0.25, 0.3) is 0 Å². The maximum absolute atomic E-state index is 5.38. The van der Waals surface area contributed by atoms with E-state index in [9.17, 15) is 0 Å². The van der Waals surface area contributed by atoms with E-state index in [1.165, 1.54) is 0 Å². The first kappa shape index (κ1) is 15.5. The lowest BCUT2D eigenvalue weighted by molar-refractivity contribution is 0.117. The zero-order valence-electron chi connectivity index (χ0n) is 11.3. The summed E-state index contributed by atoms with van der Waals surface area (Å²) < 4.78 is 6.49. The van der Waals surface area contributed by atoms with Crippen LogP contribution in [0.4, 0.5) is 5.69 Å². The molecule has 0 radical (unpaired) electrons. The van der Waals surface area contributed by atoms with Gasteiger partial charge in [0.25, 0.3) is 0 Å². The van der Waals surface area contributed by atoms with Crippen LogP contribution in [0.5, 0.6) is 0 Å². The number of anilines is 1. The first-order chi connectivity index (χ1) is 8.76. The summed E-state index contributed by atoms with van der Waals surface area (Å²) in [4.78, 5) is 2.39. The molecular formula is C14H23BrN2O. The highest BCUT2D eigenvalue weighted by atomic mass is 79.9. The van der Waals surface area contributed by atoms with Crippen LogP contribution in [0.3, 0.4) is 0 Å². The summed E-state index contributed by atoms with van der Waals surface area (Å²) in [5.74, 6) is 0. The molecule has 0 aliphatic heterocycles. The van der Waals surface area contributed by atoms with Crippen LogP contribution < -0.4 is 5.32 Å². The average Bonchev–Trinajstić information content (AvgIpc) is 2.37. The number of halogens is 1. The van der Waals surface area contributed by atoms with Gasteiger partial charge < -0.3 is 10.1 Å². The highest BCUT2D eigenvalue weighted by Crippen LogP contribution is 2.15. The second-order valence-corrected chi connectivity index (χ2v) is 4.98. The quantitative estimate of drug-likeness (QED) is 0.708. The zero-order valence-corrected chi connectivity index (χ0v) is 12.9. The second-order valence-electron chi connectivity index (χ2n) is 4.07. The Labute approximate surface area is 119 Å². The fraction of sp³-hybridized carbons (Fsp3) is 0.571. The minimum Gasteiger partial charge on any atom is -0.384 e. The number of rotatable bonds is 9. The largest absolute Gasteiger partial charge is 0.384 e. The van der Waals surface area contributed by atoms with Gasteiger partial charge in [-0.2, -0.15) is 0 Å². The summed E-state index contributed by atoms with van der Waals surface area (Å²) in [6, 6.07) is 8.25. The molecule has 18 heavy (non-hydrogen) atoms. The van der Waals surface area contributed by atoms with Gasteiger partial charge in [0.2, 0.25) is 0 Å². The normalized spacial score (nSPS) is 10.9. The Balaban J connectivity index is 2.22. The maximum Gasteiger partial charge on any atom is 0.0593 e. The zero-order chi connectivity index (χ0) is 13.2. The number of likely N-dealkylation sites (N-methyl/N-ethyl adjacent to an activating group) is 1. The lowest BCUT2D eigenvalue weighted by Gasteiger charge is -2.20. The standard InChI is InChI=1S/C14H23BrN2O/c1-3-17(10-11-18-4-2)9-8-16-14-7-5-6-13(15)12-14/h5-7,12,16H,3-4,8-11H2,1-2H3. The van der Waals surface area contributed by atoms with Crippen molar-refractivity contribution >= 4 is 21.6 Å². The van der Waals surface area contributed by atoms with Crippen molar-refractivity contribution in [1.82, 2.24) is 4.90 Å². The summed E-state index contributed by atoms with van der Waals surface area (Å²) in [6.45, 7) is 9.90. The maximum atomic E-state index is 5.38. The minimum atomic E-state index is 0.799. The molecule has 0 heterocycles. The van der Waals surface area contributed by atoms with Crippen molar-refractivity contribution in [3.8, 4) is 0 Å². The Kier molecular flexibility index (Phi) is 8.05. The Morgan fingerprint density at radius 1 is 1.28 bits per heavy atom. The summed E-state index contributed by atoms with van der Waals surface area (Å²) in [5.41, 5.74) is 1.16. The van der Waals surface area contributed by atoms with Gasteiger partial charge in [0.1, 0.15) is 0 Å². The predicted molar refractivity (Wildman–Crippen MR) is 81.2 cm³/mol. The van der Waals surface area contributed by atoms with E-state index in [1.54, 1.807) is 0 Å². The Hall–Kier alpha value is -0.580. The van der Waals surface area contributed by atoms with Crippen molar-refractivity contribution < 1.29 is 4.74 Å². The van der Waals surface area contributed by atoms with Crippen LogP contribution in [0.2, 0.25) is 0 Å². The number of ether oxygens (including phenoxy) is 1. The van der Waals surface area contributed by atoms with Gasteiger partial charge in [0.05, 0.1) is 6.61 Å². The molecule has 0 amide bonds. The van der Waals surface area contributed by atoms with Gasteiger partial charge in [-0.25, -0.2) is 0 Å². The Morgan fingerprint density at radius 3 is 2.78 bits per heavy atom. The van der Waals surface area contributed by atoms with E-state index >= 15 is 0 Å². The lowest BCUT2D eigenvalue weighted by atomic mass is 10.3. The van der Waals surface area contributed by atoms with Crippen LogP contribution in [-0.4, -0.2) is 44.3 Å². The fourth-order valence-electron chi connectivity index (χ4n) is 1.72. The first-order valence-corrected chi connectivity index (χ1v) is 7.35. The molecule has 1 N–H and O–H groups in total.